The highest BCUT2D eigenvalue weighted by molar-refractivity contribution is 7.98. The molecule has 1 unspecified atom stereocenters. The number of ether oxygens (including phenoxy) is 1. The highest BCUT2D eigenvalue weighted by atomic mass is 35.5. The van der Waals surface area contributed by atoms with Gasteiger partial charge in [0.05, 0.1) is 12.1 Å². The SMILES string of the molecule is COC(C)c1cccc(NC(=O)[C@@H](N)CCSC)c1.Cl. The summed E-state index contributed by atoms with van der Waals surface area (Å²) in [5.74, 6) is 0.742. The minimum absolute atomic E-state index is 0. The van der Waals surface area contributed by atoms with Crippen LogP contribution < -0.4 is 11.1 Å². The van der Waals surface area contributed by atoms with E-state index in [4.69, 9.17) is 10.5 Å². The van der Waals surface area contributed by atoms with Crippen molar-refractivity contribution in [3.05, 3.63) is 29.8 Å². The second kappa shape index (κ2) is 10.0. The summed E-state index contributed by atoms with van der Waals surface area (Å²) in [5, 5.41) is 2.84. The minimum atomic E-state index is -0.462. The van der Waals surface area contributed by atoms with Gasteiger partial charge in [-0.15, -0.1) is 12.4 Å². The fourth-order valence-electron chi connectivity index (χ4n) is 1.62. The number of hydrogen-bond donors (Lipinski definition) is 2. The van der Waals surface area contributed by atoms with Gasteiger partial charge in [0.15, 0.2) is 0 Å². The zero-order valence-electron chi connectivity index (χ0n) is 12.1. The van der Waals surface area contributed by atoms with Gasteiger partial charge in [0.2, 0.25) is 5.91 Å². The van der Waals surface area contributed by atoms with Crippen LogP contribution in [0.2, 0.25) is 0 Å². The Labute approximate surface area is 131 Å². The lowest BCUT2D eigenvalue weighted by Crippen LogP contribution is -2.36. The number of nitrogens with one attached hydrogen (secondary N) is 1. The molecule has 3 N–H and O–H groups in total. The molecule has 0 bridgehead atoms. The van der Waals surface area contributed by atoms with Crippen LogP contribution in [0, 0.1) is 0 Å². The van der Waals surface area contributed by atoms with E-state index in [2.05, 4.69) is 5.32 Å². The largest absolute Gasteiger partial charge is 0.377 e. The first-order valence-electron chi connectivity index (χ1n) is 6.26. The summed E-state index contributed by atoms with van der Waals surface area (Å²) in [7, 11) is 1.66. The highest BCUT2D eigenvalue weighted by Gasteiger charge is 2.13. The number of hydrogen-bond acceptors (Lipinski definition) is 4. The molecular weight excluding hydrogens is 296 g/mol. The van der Waals surface area contributed by atoms with E-state index in [0.717, 1.165) is 17.0 Å². The van der Waals surface area contributed by atoms with Gasteiger partial charge >= 0.3 is 0 Å². The average molecular weight is 319 g/mol. The van der Waals surface area contributed by atoms with Crippen molar-refractivity contribution in [3.63, 3.8) is 0 Å². The van der Waals surface area contributed by atoms with Crippen molar-refractivity contribution in [1.29, 1.82) is 0 Å². The van der Waals surface area contributed by atoms with Gasteiger partial charge in [-0.3, -0.25) is 4.79 Å². The van der Waals surface area contributed by atoms with Gasteiger partial charge in [-0.05, 0) is 43.0 Å². The van der Waals surface area contributed by atoms with Gasteiger partial charge < -0.3 is 15.8 Å². The third-order valence-corrected chi connectivity index (χ3v) is 3.59. The highest BCUT2D eigenvalue weighted by Crippen LogP contribution is 2.19. The number of anilines is 1. The Hall–Kier alpha value is -0.750. The Morgan fingerprint density at radius 3 is 2.80 bits per heavy atom. The molecule has 0 heterocycles. The minimum Gasteiger partial charge on any atom is -0.377 e. The summed E-state index contributed by atoms with van der Waals surface area (Å²) in [6, 6.07) is 7.17. The van der Waals surface area contributed by atoms with Gasteiger partial charge in [-0.1, -0.05) is 12.1 Å². The van der Waals surface area contributed by atoms with Crippen LogP contribution in [0.25, 0.3) is 0 Å². The first-order chi connectivity index (χ1) is 9.08. The number of halogens is 1. The van der Waals surface area contributed by atoms with Crippen LogP contribution in [-0.4, -0.2) is 31.1 Å². The molecule has 1 amide bonds. The van der Waals surface area contributed by atoms with Gasteiger partial charge in [0.25, 0.3) is 0 Å². The van der Waals surface area contributed by atoms with E-state index in [9.17, 15) is 4.79 Å². The van der Waals surface area contributed by atoms with Gasteiger partial charge in [-0.2, -0.15) is 11.8 Å². The number of carbonyl (C=O) groups is 1. The van der Waals surface area contributed by atoms with Crippen LogP contribution in [0.5, 0.6) is 0 Å². The summed E-state index contributed by atoms with van der Waals surface area (Å²) < 4.78 is 5.26. The second-order valence-electron chi connectivity index (χ2n) is 4.38. The second-order valence-corrected chi connectivity index (χ2v) is 5.37. The van der Waals surface area contributed by atoms with Crippen molar-refractivity contribution in [2.45, 2.75) is 25.5 Å². The molecule has 0 aliphatic rings. The molecule has 1 aromatic rings. The van der Waals surface area contributed by atoms with Crippen molar-refractivity contribution in [1.82, 2.24) is 0 Å². The molecule has 0 spiro atoms. The molecule has 0 radical (unpaired) electrons. The summed E-state index contributed by atoms with van der Waals surface area (Å²) in [4.78, 5) is 11.9. The summed E-state index contributed by atoms with van der Waals surface area (Å²) in [5.41, 5.74) is 7.61. The van der Waals surface area contributed by atoms with Crippen LogP contribution in [0.15, 0.2) is 24.3 Å². The summed E-state index contributed by atoms with van der Waals surface area (Å²) in [6.07, 6.45) is 2.68. The molecule has 114 valence electrons. The maximum Gasteiger partial charge on any atom is 0.241 e. The quantitative estimate of drug-likeness (QED) is 0.811. The zero-order chi connectivity index (χ0) is 14.3. The van der Waals surface area contributed by atoms with Crippen molar-refractivity contribution >= 4 is 35.8 Å². The molecule has 0 fully saturated rings. The van der Waals surface area contributed by atoms with Crippen LogP contribution in [0.4, 0.5) is 5.69 Å². The molecule has 0 aromatic heterocycles. The maximum atomic E-state index is 11.9. The van der Waals surface area contributed by atoms with Gasteiger partial charge in [-0.25, -0.2) is 0 Å². The third-order valence-electron chi connectivity index (χ3n) is 2.95. The smallest absolute Gasteiger partial charge is 0.241 e. The number of benzene rings is 1. The van der Waals surface area contributed by atoms with Crippen LogP contribution in [-0.2, 0) is 9.53 Å². The molecule has 1 aromatic carbocycles. The Kier molecular flexibility index (Phi) is 9.67. The van der Waals surface area contributed by atoms with E-state index in [-0.39, 0.29) is 24.4 Å². The third kappa shape index (κ3) is 6.13. The number of thioether (sulfide) groups is 1. The maximum absolute atomic E-state index is 11.9. The molecule has 6 heteroatoms. The topological polar surface area (TPSA) is 64.3 Å². The van der Waals surface area contributed by atoms with E-state index in [1.807, 2.05) is 37.4 Å². The fraction of sp³-hybridized carbons (Fsp3) is 0.500. The molecule has 0 saturated carbocycles. The Morgan fingerprint density at radius 1 is 1.50 bits per heavy atom. The fourth-order valence-corrected chi connectivity index (χ4v) is 2.11. The number of nitrogens with two attached hydrogens (primary N) is 1. The van der Waals surface area contributed by atoms with E-state index in [0.29, 0.717) is 6.42 Å². The normalized spacial score (nSPS) is 13.2. The van der Waals surface area contributed by atoms with Crippen molar-refractivity contribution in [2.75, 3.05) is 24.4 Å². The number of amides is 1. The Bertz CT molecular complexity index is 418. The number of carbonyl (C=O) groups excluding carboxylic acids is 1. The lowest BCUT2D eigenvalue weighted by molar-refractivity contribution is -0.117. The van der Waals surface area contributed by atoms with E-state index in [1.165, 1.54) is 0 Å². The lowest BCUT2D eigenvalue weighted by atomic mass is 10.1. The van der Waals surface area contributed by atoms with E-state index < -0.39 is 6.04 Å². The van der Waals surface area contributed by atoms with Crippen molar-refractivity contribution < 1.29 is 9.53 Å². The zero-order valence-corrected chi connectivity index (χ0v) is 13.7. The van der Waals surface area contributed by atoms with Crippen molar-refractivity contribution in [2.24, 2.45) is 5.73 Å². The first kappa shape index (κ1) is 19.2. The summed E-state index contributed by atoms with van der Waals surface area (Å²) in [6.45, 7) is 1.96. The molecule has 0 aliphatic carbocycles. The predicted molar refractivity (Wildman–Crippen MR) is 88.7 cm³/mol. The molecule has 1 rings (SSSR count). The lowest BCUT2D eigenvalue weighted by Gasteiger charge is -2.14. The van der Waals surface area contributed by atoms with Crippen LogP contribution in [0.1, 0.15) is 25.0 Å². The Balaban J connectivity index is 0.00000361. The summed E-state index contributed by atoms with van der Waals surface area (Å²) >= 11 is 1.69. The number of rotatable bonds is 7. The van der Waals surface area contributed by atoms with Gasteiger partial charge in [0, 0.05) is 12.8 Å². The number of methoxy groups -OCH3 is 1. The Morgan fingerprint density at radius 2 is 2.20 bits per heavy atom. The van der Waals surface area contributed by atoms with Crippen molar-refractivity contribution in [3.8, 4) is 0 Å². The molecule has 0 saturated heterocycles. The first-order valence-corrected chi connectivity index (χ1v) is 7.66. The molecule has 0 aliphatic heterocycles. The van der Waals surface area contributed by atoms with Crippen LogP contribution >= 0.6 is 24.2 Å². The molecule has 4 nitrogen and oxygen atoms in total. The van der Waals surface area contributed by atoms with Gasteiger partial charge in [0.1, 0.15) is 0 Å². The molecule has 2 atom stereocenters. The van der Waals surface area contributed by atoms with E-state index in [1.54, 1.807) is 18.9 Å². The monoisotopic (exact) mass is 318 g/mol. The molecular formula is C14H23ClN2O2S. The van der Waals surface area contributed by atoms with Crippen LogP contribution in [0.3, 0.4) is 0 Å². The standard InChI is InChI=1S/C14H22N2O2S.ClH/c1-10(18-2)11-5-4-6-12(9-11)16-14(17)13(15)7-8-19-3;/h4-6,9-10,13H,7-8,15H2,1-3H3,(H,16,17);1H/t10?,13-;/m0./s1. The average Bonchev–Trinajstić information content (AvgIpc) is 2.44. The molecule has 20 heavy (non-hydrogen) atoms. The predicted octanol–water partition coefficient (Wildman–Crippen LogP) is 2.83. The van der Waals surface area contributed by atoms with E-state index >= 15 is 0 Å².